The maximum Gasteiger partial charge on any atom is 0.305 e. The van der Waals surface area contributed by atoms with Crippen LogP contribution in [-0.2, 0) is 11.3 Å². The summed E-state index contributed by atoms with van der Waals surface area (Å²) in [6.45, 7) is 4.19. The summed E-state index contributed by atoms with van der Waals surface area (Å²) in [6, 6.07) is 8.97. The highest BCUT2D eigenvalue weighted by Gasteiger charge is 2.16. The predicted octanol–water partition coefficient (Wildman–Crippen LogP) is 4.67. The Hall–Kier alpha value is -3.39. The summed E-state index contributed by atoms with van der Waals surface area (Å²) in [5.41, 5.74) is 2.09. The van der Waals surface area contributed by atoms with Gasteiger partial charge in [-0.2, -0.15) is 4.98 Å². The molecule has 0 radical (unpaired) electrons. The molecule has 3 aromatic heterocycles. The fraction of sp³-hybridized carbons (Fsp3) is 0.238. The molecule has 9 heteroatoms. The van der Waals surface area contributed by atoms with Crippen LogP contribution in [0.15, 0.2) is 47.2 Å². The average molecular weight is 427 g/mol. The molecule has 0 saturated heterocycles. The van der Waals surface area contributed by atoms with E-state index in [-0.39, 0.29) is 12.5 Å². The van der Waals surface area contributed by atoms with Gasteiger partial charge < -0.3 is 18.9 Å². The standard InChI is InChI=1S/C21H19ClN4O4/c1-12(2)29-17-4-3-13(11-16(17)22)21-24-19(25-30-21)14-5-8-23-20-15(14)6-9-26(20)10-7-18(27)28/h3-6,8-9,11-12H,7,10H2,1-2H3,(H,27,28). The zero-order valence-electron chi connectivity index (χ0n) is 16.4. The number of pyridine rings is 1. The predicted molar refractivity (Wildman–Crippen MR) is 111 cm³/mol. The van der Waals surface area contributed by atoms with Crippen LogP contribution in [0.5, 0.6) is 5.75 Å². The Balaban J connectivity index is 1.65. The topological polar surface area (TPSA) is 103 Å². The second-order valence-corrected chi connectivity index (χ2v) is 7.39. The highest BCUT2D eigenvalue weighted by atomic mass is 35.5. The Morgan fingerprint density at radius 1 is 1.30 bits per heavy atom. The van der Waals surface area contributed by atoms with Crippen molar-refractivity contribution in [1.29, 1.82) is 0 Å². The molecular formula is C21H19ClN4O4. The van der Waals surface area contributed by atoms with Crippen molar-refractivity contribution in [3.05, 3.63) is 47.7 Å². The number of halogens is 1. The molecule has 0 fully saturated rings. The molecule has 0 bridgehead atoms. The smallest absolute Gasteiger partial charge is 0.305 e. The third kappa shape index (κ3) is 3.99. The molecule has 0 unspecified atom stereocenters. The molecule has 30 heavy (non-hydrogen) atoms. The van der Waals surface area contributed by atoms with Gasteiger partial charge in [-0.05, 0) is 44.2 Å². The summed E-state index contributed by atoms with van der Waals surface area (Å²) in [5, 5.41) is 14.3. The van der Waals surface area contributed by atoms with E-state index < -0.39 is 5.97 Å². The SMILES string of the molecule is CC(C)Oc1ccc(-c2nc(-c3ccnc4c3ccn4CCC(=O)O)no2)cc1Cl. The molecule has 4 aromatic rings. The highest BCUT2D eigenvalue weighted by molar-refractivity contribution is 6.32. The number of nitrogens with zero attached hydrogens (tertiary/aromatic N) is 4. The first-order valence-corrected chi connectivity index (χ1v) is 9.76. The Morgan fingerprint density at radius 3 is 2.87 bits per heavy atom. The number of benzene rings is 1. The van der Waals surface area contributed by atoms with Gasteiger partial charge in [0, 0.05) is 35.5 Å². The van der Waals surface area contributed by atoms with Gasteiger partial charge in [0.15, 0.2) is 0 Å². The molecule has 0 aliphatic heterocycles. The van der Waals surface area contributed by atoms with Crippen molar-refractivity contribution < 1.29 is 19.2 Å². The van der Waals surface area contributed by atoms with Crippen LogP contribution in [0.2, 0.25) is 5.02 Å². The summed E-state index contributed by atoms with van der Waals surface area (Å²) in [6.07, 6.45) is 3.47. The maximum absolute atomic E-state index is 10.9. The third-order valence-electron chi connectivity index (χ3n) is 4.44. The number of carbonyl (C=O) groups is 1. The first-order valence-electron chi connectivity index (χ1n) is 9.38. The van der Waals surface area contributed by atoms with E-state index in [1.165, 1.54) is 0 Å². The minimum Gasteiger partial charge on any atom is -0.489 e. The van der Waals surface area contributed by atoms with Crippen molar-refractivity contribution in [3.8, 4) is 28.6 Å². The molecule has 1 aromatic carbocycles. The van der Waals surface area contributed by atoms with Crippen molar-refractivity contribution >= 4 is 28.6 Å². The lowest BCUT2D eigenvalue weighted by atomic mass is 10.1. The van der Waals surface area contributed by atoms with Gasteiger partial charge in [-0.25, -0.2) is 4.98 Å². The molecule has 3 heterocycles. The van der Waals surface area contributed by atoms with Crippen LogP contribution in [0.25, 0.3) is 33.9 Å². The van der Waals surface area contributed by atoms with Gasteiger partial charge in [0.25, 0.3) is 5.89 Å². The van der Waals surface area contributed by atoms with E-state index in [2.05, 4.69) is 15.1 Å². The summed E-state index contributed by atoms with van der Waals surface area (Å²) < 4.78 is 12.9. The second-order valence-electron chi connectivity index (χ2n) is 6.98. The quantitative estimate of drug-likeness (QED) is 0.458. The van der Waals surface area contributed by atoms with Gasteiger partial charge in [-0.3, -0.25) is 4.79 Å². The van der Waals surface area contributed by atoms with E-state index in [1.807, 2.05) is 26.0 Å². The number of aryl methyl sites for hydroxylation is 1. The van der Waals surface area contributed by atoms with E-state index in [0.29, 0.717) is 40.2 Å². The fourth-order valence-electron chi connectivity index (χ4n) is 3.12. The summed E-state index contributed by atoms with van der Waals surface area (Å²) >= 11 is 6.31. The molecule has 0 saturated carbocycles. The molecule has 4 rings (SSSR count). The minimum atomic E-state index is -0.862. The maximum atomic E-state index is 10.9. The van der Waals surface area contributed by atoms with Crippen molar-refractivity contribution in [2.24, 2.45) is 0 Å². The number of carboxylic acid groups (broad SMARTS) is 1. The van der Waals surface area contributed by atoms with Crippen LogP contribution in [0.3, 0.4) is 0 Å². The molecule has 154 valence electrons. The summed E-state index contributed by atoms with van der Waals surface area (Å²) in [5.74, 6) is 0.471. The normalized spacial score (nSPS) is 11.3. The van der Waals surface area contributed by atoms with Crippen molar-refractivity contribution in [2.45, 2.75) is 32.9 Å². The number of fused-ring (bicyclic) bond motifs is 1. The van der Waals surface area contributed by atoms with Crippen LogP contribution >= 0.6 is 11.6 Å². The number of aliphatic carboxylic acids is 1. The number of ether oxygens (including phenoxy) is 1. The molecule has 1 N–H and O–H groups in total. The minimum absolute atomic E-state index is 0.0132. The van der Waals surface area contributed by atoms with Gasteiger partial charge in [0.05, 0.1) is 17.5 Å². The van der Waals surface area contributed by atoms with E-state index in [1.54, 1.807) is 35.2 Å². The Labute approximate surface area is 177 Å². The number of hydrogen-bond donors (Lipinski definition) is 1. The van der Waals surface area contributed by atoms with Crippen LogP contribution in [0.4, 0.5) is 0 Å². The molecular weight excluding hydrogens is 408 g/mol. The summed E-state index contributed by atoms with van der Waals surface area (Å²) in [4.78, 5) is 19.7. The van der Waals surface area contributed by atoms with E-state index in [0.717, 1.165) is 10.9 Å². The van der Waals surface area contributed by atoms with Crippen LogP contribution < -0.4 is 4.74 Å². The number of carboxylic acids is 1. The van der Waals surface area contributed by atoms with Crippen LogP contribution in [-0.4, -0.2) is 36.9 Å². The zero-order chi connectivity index (χ0) is 21.3. The van der Waals surface area contributed by atoms with Crippen LogP contribution in [0, 0.1) is 0 Å². The Bertz CT molecular complexity index is 1210. The number of aromatic nitrogens is 4. The second kappa shape index (κ2) is 8.16. The number of rotatable bonds is 7. The van der Waals surface area contributed by atoms with Gasteiger partial charge >= 0.3 is 5.97 Å². The van der Waals surface area contributed by atoms with Crippen molar-refractivity contribution in [2.75, 3.05) is 0 Å². The lowest BCUT2D eigenvalue weighted by Crippen LogP contribution is -2.05. The van der Waals surface area contributed by atoms with Crippen molar-refractivity contribution in [1.82, 2.24) is 19.7 Å². The van der Waals surface area contributed by atoms with Crippen molar-refractivity contribution in [3.63, 3.8) is 0 Å². The van der Waals surface area contributed by atoms with E-state index >= 15 is 0 Å². The Kier molecular flexibility index (Phi) is 5.41. The van der Waals surface area contributed by atoms with Gasteiger partial charge in [-0.1, -0.05) is 16.8 Å². The molecule has 0 aliphatic carbocycles. The summed E-state index contributed by atoms with van der Waals surface area (Å²) in [7, 11) is 0. The van der Waals surface area contributed by atoms with Gasteiger partial charge in [0.1, 0.15) is 11.4 Å². The fourth-order valence-corrected chi connectivity index (χ4v) is 3.34. The first-order chi connectivity index (χ1) is 14.4. The average Bonchev–Trinajstić information content (AvgIpc) is 3.34. The zero-order valence-corrected chi connectivity index (χ0v) is 17.1. The molecule has 0 spiro atoms. The monoisotopic (exact) mass is 426 g/mol. The highest BCUT2D eigenvalue weighted by Crippen LogP contribution is 2.32. The largest absolute Gasteiger partial charge is 0.489 e. The van der Waals surface area contributed by atoms with Gasteiger partial charge in [-0.15, -0.1) is 0 Å². The van der Waals surface area contributed by atoms with Gasteiger partial charge in [0.2, 0.25) is 5.82 Å². The molecule has 0 aliphatic rings. The molecule has 8 nitrogen and oxygen atoms in total. The lowest BCUT2D eigenvalue weighted by Gasteiger charge is -2.11. The van der Waals surface area contributed by atoms with E-state index in [4.69, 9.17) is 26.0 Å². The third-order valence-corrected chi connectivity index (χ3v) is 4.73. The molecule has 0 amide bonds. The van der Waals surface area contributed by atoms with Crippen LogP contribution in [0.1, 0.15) is 20.3 Å². The van der Waals surface area contributed by atoms with E-state index in [9.17, 15) is 4.79 Å². The lowest BCUT2D eigenvalue weighted by molar-refractivity contribution is -0.137. The first kappa shape index (κ1) is 19.9. The number of hydrogen-bond acceptors (Lipinski definition) is 6. The Morgan fingerprint density at radius 2 is 2.13 bits per heavy atom. The molecule has 0 atom stereocenters.